The molecular weight excluding hydrogens is 220 g/mol. The number of pyridine rings is 1. The van der Waals surface area contributed by atoms with Gasteiger partial charge in [-0.2, -0.15) is 8.78 Å². The maximum atomic E-state index is 13.1. The Hall–Kier alpha value is -1.72. The summed E-state index contributed by atoms with van der Waals surface area (Å²) in [7, 11) is 0. The van der Waals surface area contributed by atoms with Gasteiger partial charge in [0.05, 0.1) is 12.2 Å². The van der Waals surface area contributed by atoms with Crippen molar-refractivity contribution in [3.8, 4) is 0 Å². The Kier molecular flexibility index (Phi) is 3.41. The molecule has 0 saturated carbocycles. The largest absolute Gasteiger partial charge is 0.462 e. The number of nitrogens with one attached hydrogen (secondary N) is 1. The predicted molar refractivity (Wildman–Crippen MR) is 52.6 cm³/mol. The van der Waals surface area contributed by atoms with Gasteiger partial charge in [-0.15, -0.1) is 0 Å². The van der Waals surface area contributed by atoms with Gasteiger partial charge in [-0.25, -0.2) is 4.79 Å². The topological polar surface area (TPSA) is 59.2 Å². The lowest BCUT2D eigenvalue weighted by molar-refractivity contribution is 0.00948. The Balaban J connectivity index is 3.29. The van der Waals surface area contributed by atoms with Crippen LogP contribution in [-0.2, 0) is 10.7 Å². The van der Waals surface area contributed by atoms with Crippen LogP contribution in [-0.4, -0.2) is 17.6 Å². The molecule has 0 unspecified atom stereocenters. The number of hydrogen-bond donors (Lipinski definition) is 1. The number of aromatic nitrogens is 1. The zero-order valence-corrected chi connectivity index (χ0v) is 8.84. The molecule has 0 spiro atoms. The fraction of sp³-hybridized carbons (Fsp3) is 0.400. The Morgan fingerprint density at radius 2 is 2.12 bits per heavy atom. The average Bonchev–Trinajstić information content (AvgIpc) is 2.16. The minimum absolute atomic E-state index is 0.0761. The van der Waals surface area contributed by atoms with Gasteiger partial charge in [-0.1, -0.05) is 0 Å². The molecule has 0 atom stereocenters. The van der Waals surface area contributed by atoms with Crippen LogP contribution in [0.2, 0.25) is 0 Å². The van der Waals surface area contributed by atoms with Crippen LogP contribution in [0.4, 0.5) is 8.78 Å². The van der Waals surface area contributed by atoms with Crippen molar-refractivity contribution in [3.05, 3.63) is 33.7 Å². The molecule has 16 heavy (non-hydrogen) atoms. The summed E-state index contributed by atoms with van der Waals surface area (Å²) in [6.45, 7) is 2.24. The van der Waals surface area contributed by atoms with Crippen LogP contribution in [0.25, 0.3) is 0 Å². The zero-order chi connectivity index (χ0) is 12.3. The highest BCUT2D eigenvalue weighted by atomic mass is 19.3. The number of carbonyl (C=O) groups excluding carboxylic acids is 1. The maximum Gasteiger partial charge on any atom is 0.340 e. The van der Waals surface area contributed by atoms with Gasteiger partial charge in [-0.3, -0.25) is 4.79 Å². The summed E-state index contributed by atoms with van der Waals surface area (Å²) in [6, 6.07) is 2.03. The Morgan fingerprint density at radius 1 is 1.50 bits per heavy atom. The molecule has 88 valence electrons. The van der Waals surface area contributed by atoms with Gasteiger partial charge < -0.3 is 9.72 Å². The van der Waals surface area contributed by atoms with E-state index in [-0.39, 0.29) is 12.2 Å². The first kappa shape index (κ1) is 12.4. The van der Waals surface area contributed by atoms with Crippen LogP contribution in [0.1, 0.15) is 29.9 Å². The van der Waals surface area contributed by atoms with Crippen LogP contribution in [0.5, 0.6) is 0 Å². The highest BCUT2D eigenvalue weighted by molar-refractivity contribution is 5.90. The van der Waals surface area contributed by atoms with Gasteiger partial charge in [0.1, 0.15) is 5.69 Å². The number of alkyl halides is 2. The van der Waals surface area contributed by atoms with E-state index in [0.29, 0.717) is 6.92 Å². The molecule has 1 N–H and O–H groups in total. The van der Waals surface area contributed by atoms with Gasteiger partial charge in [0.25, 0.3) is 5.92 Å². The van der Waals surface area contributed by atoms with Gasteiger partial charge >= 0.3 is 5.97 Å². The molecule has 6 heteroatoms. The summed E-state index contributed by atoms with van der Waals surface area (Å²) in [5, 5.41) is 0. The van der Waals surface area contributed by atoms with Crippen molar-refractivity contribution in [1.82, 2.24) is 4.98 Å². The fourth-order valence-corrected chi connectivity index (χ4v) is 1.20. The first-order valence-corrected chi connectivity index (χ1v) is 4.65. The summed E-state index contributed by atoms with van der Waals surface area (Å²) in [5.41, 5.74) is -1.74. The third-order valence-electron chi connectivity index (χ3n) is 1.85. The molecule has 0 fully saturated rings. The molecule has 0 saturated heterocycles. The van der Waals surface area contributed by atoms with E-state index in [1.165, 1.54) is 0 Å². The molecule has 4 nitrogen and oxygen atoms in total. The van der Waals surface area contributed by atoms with Crippen LogP contribution in [0.15, 0.2) is 16.9 Å². The molecule has 1 rings (SSSR count). The van der Waals surface area contributed by atoms with E-state index in [9.17, 15) is 18.4 Å². The minimum Gasteiger partial charge on any atom is -0.462 e. The lowest BCUT2D eigenvalue weighted by atomic mass is 10.1. The quantitative estimate of drug-likeness (QED) is 0.805. The van der Waals surface area contributed by atoms with Crippen molar-refractivity contribution < 1.29 is 18.3 Å². The molecule has 0 bridgehead atoms. The molecule has 0 amide bonds. The average molecular weight is 231 g/mol. The van der Waals surface area contributed by atoms with Crippen LogP contribution in [0, 0.1) is 0 Å². The van der Waals surface area contributed by atoms with E-state index >= 15 is 0 Å². The summed E-state index contributed by atoms with van der Waals surface area (Å²) < 4.78 is 30.8. The highest BCUT2D eigenvalue weighted by Crippen LogP contribution is 2.27. The Morgan fingerprint density at radius 3 is 2.62 bits per heavy atom. The number of rotatable bonds is 3. The van der Waals surface area contributed by atoms with Crippen LogP contribution in [0.3, 0.4) is 0 Å². The third-order valence-corrected chi connectivity index (χ3v) is 1.85. The van der Waals surface area contributed by atoms with E-state index in [0.717, 1.165) is 12.1 Å². The van der Waals surface area contributed by atoms with Crippen molar-refractivity contribution >= 4 is 5.97 Å². The predicted octanol–water partition coefficient (Wildman–Crippen LogP) is 1.66. The van der Waals surface area contributed by atoms with Crippen LogP contribution >= 0.6 is 0 Å². The Bertz CT molecular complexity index is 448. The standard InChI is InChI=1S/C10H11F2NO3/c1-3-16-9(15)6-4-5-7(14)13-8(6)10(2,11)12/h4-5H,3H2,1-2H3,(H,13,14). The summed E-state index contributed by atoms with van der Waals surface area (Å²) in [6.07, 6.45) is 0. The number of halogens is 2. The second-order valence-electron chi connectivity index (χ2n) is 3.22. The van der Waals surface area contributed by atoms with Gasteiger partial charge in [0, 0.05) is 13.0 Å². The van der Waals surface area contributed by atoms with Crippen molar-refractivity contribution in [2.45, 2.75) is 19.8 Å². The van der Waals surface area contributed by atoms with Gasteiger partial charge in [0.2, 0.25) is 5.56 Å². The van der Waals surface area contributed by atoms with E-state index in [1.807, 2.05) is 4.98 Å². The van der Waals surface area contributed by atoms with Crippen molar-refractivity contribution in [3.63, 3.8) is 0 Å². The van der Waals surface area contributed by atoms with E-state index in [2.05, 4.69) is 4.74 Å². The first-order valence-electron chi connectivity index (χ1n) is 4.65. The minimum atomic E-state index is -3.30. The molecular formula is C10H11F2NO3. The first-order chi connectivity index (χ1) is 7.36. The number of esters is 1. The molecule has 0 radical (unpaired) electrons. The smallest absolute Gasteiger partial charge is 0.340 e. The highest BCUT2D eigenvalue weighted by Gasteiger charge is 2.31. The SMILES string of the molecule is CCOC(=O)c1ccc(=O)[nH]c1C(C)(F)F. The molecule has 1 aromatic heterocycles. The van der Waals surface area contributed by atoms with Gasteiger partial charge in [-0.05, 0) is 13.0 Å². The zero-order valence-electron chi connectivity index (χ0n) is 8.84. The molecule has 0 aliphatic rings. The lowest BCUT2D eigenvalue weighted by Crippen LogP contribution is -2.22. The maximum absolute atomic E-state index is 13.1. The summed E-state index contributed by atoms with van der Waals surface area (Å²) in [4.78, 5) is 24.2. The molecule has 0 aliphatic carbocycles. The number of carbonyl (C=O) groups is 1. The molecule has 0 aromatic carbocycles. The summed E-state index contributed by atoms with van der Waals surface area (Å²) >= 11 is 0. The number of H-pyrrole nitrogens is 1. The van der Waals surface area contributed by atoms with Crippen molar-refractivity contribution in [1.29, 1.82) is 0 Å². The third kappa shape index (κ3) is 2.65. The van der Waals surface area contributed by atoms with E-state index in [1.54, 1.807) is 6.92 Å². The number of ether oxygens (including phenoxy) is 1. The summed E-state index contributed by atoms with van der Waals surface area (Å²) in [5.74, 6) is -4.18. The van der Waals surface area contributed by atoms with Gasteiger partial charge in [0.15, 0.2) is 0 Å². The fourth-order valence-electron chi connectivity index (χ4n) is 1.20. The molecule has 1 aromatic rings. The number of hydrogen-bond acceptors (Lipinski definition) is 3. The van der Waals surface area contributed by atoms with Crippen LogP contribution < -0.4 is 5.56 Å². The molecule has 0 aliphatic heterocycles. The van der Waals surface area contributed by atoms with E-state index in [4.69, 9.17) is 0 Å². The second-order valence-corrected chi connectivity index (χ2v) is 3.22. The molecule has 1 heterocycles. The van der Waals surface area contributed by atoms with Crippen molar-refractivity contribution in [2.24, 2.45) is 0 Å². The van der Waals surface area contributed by atoms with Crippen molar-refractivity contribution in [2.75, 3.05) is 6.61 Å². The lowest BCUT2D eigenvalue weighted by Gasteiger charge is -2.13. The monoisotopic (exact) mass is 231 g/mol. The normalized spacial score (nSPS) is 11.2. The van der Waals surface area contributed by atoms with E-state index < -0.39 is 23.1 Å². The Labute approximate surface area is 90.2 Å². The number of aromatic amines is 1. The second kappa shape index (κ2) is 4.42.